The lowest BCUT2D eigenvalue weighted by Gasteiger charge is -2.34. The average molecular weight is 265 g/mol. The molecule has 0 radical (unpaired) electrons. The van der Waals surface area contributed by atoms with Crippen molar-refractivity contribution in [3.63, 3.8) is 0 Å². The van der Waals surface area contributed by atoms with Crippen molar-refractivity contribution >= 4 is 18.2 Å². The second-order valence-electron chi connectivity index (χ2n) is 5.01. The summed E-state index contributed by atoms with van der Waals surface area (Å²) in [6.45, 7) is 6.02. The van der Waals surface area contributed by atoms with E-state index < -0.39 is 5.41 Å². The Hall–Kier alpha value is -1.85. The Bertz CT molecular complexity index is 396. The minimum Gasteiger partial charge on any atom is -0.352 e. The van der Waals surface area contributed by atoms with Crippen LogP contribution < -0.4 is 5.32 Å². The van der Waals surface area contributed by atoms with Gasteiger partial charge in [0.25, 0.3) is 0 Å². The molecule has 1 aliphatic carbocycles. The Labute approximate surface area is 112 Å². The molecule has 1 saturated heterocycles. The predicted molar refractivity (Wildman–Crippen MR) is 69.1 cm³/mol. The first-order valence-electron chi connectivity index (χ1n) is 6.52. The number of carbonyl (C=O) groups excluding carboxylic acids is 3. The number of piperazine rings is 1. The number of carbonyl (C=O) groups is 3. The fraction of sp³-hybridized carbons (Fsp3) is 0.615. The highest BCUT2D eigenvalue weighted by Gasteiger charge is 2.57. The van der Waals surface area contributed by atoms with Crippen LogP contribution in [0.15, 0.2) is 12.7 Å². The monoisotopic (exact) mass is 265 g/mol. The molecule has 2 fully saturated rings. The zero-order valence-electron chi connectivity index (χ0n) is 10.9. The molecule has 0 unspecified atom stereocenters. The van der Waals surface area contributed by atoms with Gasteiger partial charge in [-0.25, -0.2) is 0 Å². The summed E-state index contributed by atoms with van der Waals surface area (Å²) >= 11 is 0. The normalized spacial score (nSPS) is 20.6. The summed E-state index contributed by atoms with van der Waals surface area (Å²) in [5.74, 6) is -0.296. The van der Waals surface area contributed by atoms with E-state index in [1.165, 1.54) is 0 Å². The summed E-state index contributed by atoms with van der Waals surface area (Å²) in [7, 11) is 0. The lowest BCUT2D eigenvalue weighted by atomic mass is 10.0. The molecule has 6 heteroatoms. The quantitative estimate of drug-likeness (QED) is 0.409. The maximum Gasteiger partial charge on any atom is 0.238 e. The number of hydrogen-bond acceptors (Lipinski definition) is 3. The van der Waals surface area contributed by atoms with E-state index >= 15 is 0 Å². The van der Waals surface area contributed by atoms with Crippen LogP contribution in [0.5, 0.6) is 0 Å². The molecular weight excluding hydrogens is 246 g/mol. The SMILES string of the molecule is C=CCNC(=O)C1(C(=O)N2CCN(C=O)CC2)CC1. The molecule has 6 nitrogen and oxygen atoms in total. The summed E-state index contributed by atoms with van der Waals surface area (Å²) in [5, 5.41) is 2.70. The van der Waals surface area contributed by atoms with Gasteiger partial charge in [-0.3, -0.25) is 14.4 Å². The van der Waals surface area contributed by atoms with E-state index in [1.54, 1.807) is 15.9 Å². The standard InChI is InChI=1S/C13H19N3O3/c1-2-5-14-11(18)13(3-4-13)12(19)16-8-6-15(10-17)7-9-16/h2,10H,1,3-9H2,(H,14,18). The van der Waals surface area contributed by atoms with Crippen LogP contribution in [0.25, 0.3) is 0 Å². The van der Waals surface area contributed by atoms with E-state index in [0.29, 0.717) is 45.6 Å². The van der Waals surface area contributed by atoms with Gasteiger partial charge in [-0.15, -0.1) is 6.58 Å². The van der Waals surface area contributed by atoms with Crippen molar-refractivity contribution in [3.8, 4) is 0 Å². The molecular formula is C13H19N3O3. The summed E-state index contributed by atoms with van der Waals surface area (Å²) in [6.07, 6.45) is 3.62. The minimum absolute atomic E-state index is 0.0976. The first-order chi connectivity index (χ1) is 9.14. The molecule has 0 aromatic rings. The third-order valence-corrected chi connectivity index (χ3v) is 3.75. The fourth-order valence-corrected chi connectivity index (χ4v) is 2.33. The lowest BCUT2D eigenvalue weighted by molar-refractivity contribution is -0.146. The van der Waals surface area contributed by atoms with Crippen LogP contribution in [0.2, 0.25) is 0 Å². The Kier molecular flexibility index (Phi) is 3.87. The van der Waals surface area contributed by atoms with Gasteiger partial charge in [0.15, 0.2) is 0 Å². The van der Waals surface area contributed by atoms with Crippen LogP contribution in [0.3, 0.4) is 0 Å². The predicted octanol–water partition coefficient (Wildman–Crippen LogP) is -0.631. The van der Waals surface area contributed by atoms with E-state index in [1.807, 2.05) is 0 Å². The molecule has 19 heavy (non-hydrogen) atoms. The number of nitrogens with one attached hydrogen (secondary N) is 1. The van der Waals surface area contributed by atoms with Crippen LogP contribution in [0, 0.1) is 5.41 Å². The maximum absolute atomic E-state index is 12.4. The summed E-state index contributed by atoms with van der Waals surface area (Å²) in [6, 6.07) is 0. The third kappa shape index (κ3) is 2.62. The molecule has 0 spiro atoms. The van der Waals surface area contributed by atoms with Gasteiger partial charge < -0.3 is 15.1 Å². The molecule has 3 amide bonds. The molecule has 1 heterocycles. The van der Waals surface area contributed by atoms with E-state index in [9.17, 15) is 14.4 Å². The van der Waals surface area contributed by atoms with Crippen molar-refractivity contribution in [2.45, 2.75) is 12.8 Å². The van der Waals surface area contributed by atoms with Crippen molar-refractivity contribution in [1.82, 2.24) is 15.1 Å². The zero-order valence-corrected chi connectivity index (χ0v) is 10.9. The highest BCUT2D eigenvalue weighted by Crippen LogP contribution is 2.47. The third-order valence-electron chi connectivity index (χ3n) is 3.75. The highest BCUT2D eigenvalue weighted by molar-refractivity contribution is 6.07. The largest absolute Gasteiger partial charge is 0.352 e. The second-order valence-corrected chi connectivity index (χ2v) is 5.01. The van der Waals surface area contributed by atoms with Gasteiger partial charge in [0.05, 0.1) is 0 Å². The molecule has 104 valence electrons. The molecule has 2 rings (SSSR count). The minimum atomic E-state index is -0.855. The topological polar surface area (TPSA) is 69.7 Å². The van der Waals surface area contributed by atoms with Gasteiger partial charge in [-0.1, -0.05) is 6.08 Å². The molecule has 2 aliphatic rings. The summed E-state index contributed by atoms with van der Waals surface area (Å²) in [5.41, 5.74) is -0.855. The summed E-state index contributed by atoms with van der Waals surface area (Å²) in [4.78, 5) is 38.4. The van der Waals surface area contributed by atoms with Crippen molar-refractivity contribution < 1.29 is 14.4 Å². The van der Waals surface area contributed by atoms with Crippen LogP contribution in [-0.2, 0) is 14.4 Å². The van der Waals surface area contributed by atoms with Gasteiger partial charge in [-0.2, -0.15) is 0 Å². The number of hydrogen-bond donors (Lipinski definition) is 1. The highest BCUT2D eigenvalue weighted by atomic mass is 16.2. The van der Waals surface area contributed by atoms with Crippen molar-refractivity contribution in [1.29, 1.82) is 0 Å². The number of amides is 3. The van der Waals surface area contributed by atoms with Crippen LogP contribution in [-0.4, -0.2) is 60.7 Å². The van der Waals surface area contributed by atoms with Crippen LogP contribution >= 0.6 is 0 Å². The van der Waals surface area contributed by atoms with E-state index in [0.717, 1.165) is 6.41 Å². The van der Waals surface area contributed by atoms with Crippen molar-refractivity contribution in [2.75, 3.05) is 32.7 Å². The molecule has 1 N–H and O–H groups in total. The van der Waals surface area contributed by atoms with Gasteiger partial charge >= 0.3 is 0 Å². The van der Waals surface area contributed by atoms with Gasteiger partial charge in [0, 0.05) is 32.7 Å². The smallest absolute Gasteiger partial charge is 0.238 e. The van der Waals surface area contributed by atoms with Gasteiger partial charge in [-0.05, 0) is 12.8 Å². The van der Waals surface area contributed by atoms with E-state index in [-0.39, 0.29) is 11.8 Å². The average Bonchev–Trinajstić information content (AvgIpc) is 3.25. The number of rotatable bonds is 5. The van der Waals surface area contributed by atoms with Gasteiger partial charge in [0.2, 0.25) is 18.2 Å². The van der Waals surface area contributed by atoms with Crippen LogP contribution in [0.4, 0.5) is 0 Å². The summed E-state index contributed by atoms with van der Waals surface area (Å²) < 4.78 is 0. The lowest BCUT2D eigenvalue weighted by Crippen LogP contribution is -2.52. The maximum atomic E-state index is 12.4. The second kappa shape index (κ2) is 5.42. The van der Waals surface area contributed by atoms with Crippen molar-refractivity contribution in [2.24, 2.45) is 5.41 Å². The first kappa shape index (κ1) is 13.6. The Morgan fingerprint density at radius 1 is 1.21 bits per heavy atom. The zero-order chi connectivity index (χ0) is 13.9. The molecule has 0 atom stereocenters. The fourth-order valence-electron chi connectivity index (χ4n) is 2.33. The Balaban J connectivity index is 1.94. The number of nitrogens with zero attached hydrogens (tertiary/aromatic N) is 2. The molecule has 1 aliphatic heterocycles. The Morgan fingerprint density at radius 3 is 2.32 bits per heavy atom. The van der Waals surface area contributed by atoms with Crippen LogP contribution in [0.1, 0.15) is 12.8 Å². The Morgan fingerprint density at radius 2 is 1.84 bits per heavy atom. The van der Waals surface area contributed by atoms with E-state index in [2.05, 4.69) is 11.9 Å². The first-order valence-corrected chi connectivity index (χ1v) is 6.52. The molecule has 1 saturated carbocycles. The molecule has 0 aromatic carbocycles. The molecule has 0 aromatic heterocycles. The van der Waals surface area contributed by atoms with E-state index in [4.69, 9.17) is 0 Å². The van der Waals surface area contributed by atoms with Gasteiger partial charge in [0.1, 0.15) is 5.41 Å². The van der Waals surface area contributed by atoms with Crippen molar-refractivity contribution in [3.05, 3.63) is 12.7 Å². The molecule has 0 bridgehead atoms.